The smallest absolute Gasteiger partial charge is 0.238 e. The van der Waals surface area contributed by atoms with E-state index in [-0.39, 0.29) is 48.3 Å². The van der Waals surface area contributed by atoms with Gasteiger partial charge in [-0.25, -0.2) is 9.80 Å². The number of amides is 4. The third-order valence-corrected chi connectivity index (χ3v) is 7.26. The molecule has 2 aromatic carbocycles. The molecule has 6 nitrogen and oxygen atoms in total. The summed E-state index contributed by atoms with van der Waals surface area (Å²) in [5.41, 5.74) is 2.66. The van der Waals surface area contributed by atoms with Gasteiger partial charge in [-0.2, -0.15) is 0 Å². The van der Waals surface area contributed by atoms with E-state index >= 15 is 0 Å². The van der Waals surface area contributed by atoms with Crippen LogP contribution in [0.25, 0.3) is 0 Å². The van der Waals surface area contributed by atoms with E-state index in [1.54, 1.807) is 24.3 Å². The predicted molar refractivity (Wildman–Crippen MR) is 124 cm³/mol. The van der Waals surface area contributed by atoms with E-state index in [2.05, 4.69) is 31.9 Å². The second kappa shape index (κ2) is 9.04. The molecule has 31 heavy (non-hydrogen) atoms. The molecule has 2 aliphatic rings. The van der Waals surface area contributed by atoms with Crippen LogP contribution in [-0.2, 0) is 25.6 Å². The number of benzene rings is 2. The molecule has 0 aliphatic carbocycles. The summed E-state index contributed by atoms with van der Waals surface area (Å²) in [5, 5.41) is 0.875. The zero-order chi connectivity index (χ0) is 22.1. The fourth-order valence-corrected chi connectivity index (χ4v) is 5.11. The Morgan fingerprint density at radius 3 is 1.42 bits per heavy atom. The first-order valence-electron chi connectivity index (χ1n) is 9.97. The lowest BCUT2D eigenvalue weighted by Crippen LogP contribution is -2.32. The molecular formula is C23H20Br2N2O4. The summed E-state index contributed by atoms with van der Waals surface area (Å²) in [5.74, 6) is -1.61. The first-order chi connectivity index (χ1) is 15.0. The molecule has 4 rings (SSSR count). The minimum Gasteiger partial charge on any atom is -0.274 e. The van der Waals surface area contributed by atoms with Crippen LogP contribution in [0.1, 0.15) is 24.0 Å². The molecule has 0 N–H and O–H groups in total. The molecule has 0 radical (unpaired) electrons. The number of hydrogen-bond acceptors (Lipinski definition) is 4. The second-order valence-corrected chi connectivity index (χ2v) is 8.97. The third kappa shape index (κ3) is 3.99. The summed E-state index contributed by atoms with van der Waals surface area (Å²) in [7, 11) is 0. The summed E-state index contributed by atoms with van der Waals surface area (Å²) in [6.07, 6.45) is 0.734. The lowest BCUT2D eigenvalue weighted by Gasteiger charge is -2.22. The topological polar surface area (TPSA) is 74.8 Å². The van der Waals surface area contributed by atoms with E-state index < -0.39 is 0 Å². The van der Waals surface area contributed by atoms with Gasteiger partial charge < -0.3 is 0 Å². The van der Waals surface area contributed by atoms with Crippen LogP contribution in [0.3, 0.4) is 0 Å². The number of halogens is 2. The van der Waals surface area contributed by atoms with Crippen LogP contribution < -0.4 is 9.80 Å². The number of hydrogen-bond donors (Lipinski definition) is 0. The van der Waals surface area contributed by atoms with Crippen molar-refractivity contribution in [1.82, 2.24) is 0 Å². The molecule has 0 aromatic heterocycles. The van der Waals surface area contributed by atoms with Crippen molar-refractivity contribution >= 4 is 66.9 Å². The van der Waals surface area contributed by atoms with Crippen LogP contribution in [0.5, 0.6) is 0 Å². The molecule has 2 aromatic rings. The first-order valence-corrected chi connectivity index (χ1v) is 12.2. The molecule has 2 aliphatic heterocycles. The molecule has 2 heterocycles. The van der Waals surface area contributed by atoms with E-state index in [0.29, 0.717) is 28.5 Å². The number of carbonyl (C=O) groups excluding carboxylic acids is 4. The van der Waals surface area contributed by atoms with Gasteiger partial charge in [-0.15, -0.1) is 0 Å². The molecular weight excluding hydrogens is 528 g/mol. The first kappa shape index (κ1) is 21.9. The SMILES string of the molecule is O=C1CC(CBr)C(=O)N1c1ccccc1Cc1ccccc1N1C(=O)CC(CBr)C1=O. The predicted octanol–water partition coefficient (Wildman–Crippen LogP) is 3.83. The lowest BCUT2D eigenvalue weighted by atomic mass is 10.0. The van der Waals surface area contributed by atoms with E-state index in [9.17, 15) is 19.2 Å². The average Bonchev–Trinajstić information content (AvgIpc) is 3.22. The van der Waals surface area contributed by atoms with Crippen molar-refractivity contribution in [3.63, 3.8) is 0 Å². The number of imide groups is 2. The van der Waals surface area contributed by atoms with Gasteiger partial charge in [-0.3, -0.25) is 19.2 Å². The fraction of sp³-hybridized carbons (Fsp3) is 0.304. The third-order valence-electron chi connectivity index (χ3n) is 5.70. The molecule has 2 unspecified atom stereocenters. The van der Waals surface area contributed by atoms with Crippen LogP contribution in [0.15, 0.2) is 48.5 Å². The second-order valence-electron chi connectivity index (χ2n) is 7.68. The molecule has 2 atom stereocenters. The Labute approximate surface area is 196 Å². The van der Waals surface area contributed by atoms with Gasteiger partial charge in [-0.05, 0) is 23.3 Å². The molecule has 4 amide bonds. The molecule has 2 saturated heterocycles. The Kier molecular flexibility index (Phi) is 6.39. The number of rotatable bonds is 6. The summed E-state index contributed by atoms with van der Waals surface area (Å²) < 4.78 is 0. The molecule has 0 spiro atoms. The maximum Gasteiger partial charge on any atom is 0.238 e. The zero-order valence-corrected chi connectivity index (χ0v) is 19.8. The standard InChI is InChI=1S/C23H20Br2N2O4/c24-12-16-10-20(28)26(22(16)30)18-7-3-1-5-14(18)9-15-6-2-4-8-19(15)27-21(29)11-17(13-25)23(27)31/h1-8,16-17H,9-13H2. The maximum absolute atomic E-state index is 12.8. The highest BCUT2D eigenvalue weighted by Gasteiger charge is 2.41. The van der Waals surface area contributed by atoms with Crippen molar-refractivity contribution in [2.45, 2.75) is 19.3 Å². The van der Waals surface area contributed by atoms with Crippen LogP contribution in [0.4, 0.5) is 11.4 Å². The average molecular weight is 548 g/mol. The van der Waals surface area contributed by atoms with Gasteiger partial charge in [0.2, 0.25) is 23.6 Å². The summed E-state index contributed by atoms with van der Waals surface area (Å²) in [6, 6.07) is 14.5. The van der Waals surface area contributed by atoms with Gasteiger partial charge in [0.15, 0.2) is 0 Å². The van der Waals surface area contributed by atoms with Crippen molar-refractivity contribution in [3.8, 4) is 0 Å². The molecule has 0 saturated carbocycles. The summed E-state index contributed by atoms with van der Waals surface area (Å²) in [4.78, 5) is 53.2. The van der Waals surface area contributed by atoms with E-state index in [1.165, 1.54) is 9.80 Å². The van der Waals surface area contributed by atoms with Crippen LogP contribution in [0, 0.1) is 11.8 Å². The van der Waals surface area contributed by atoms with E-state index in [0.717, 1.165) is 11.1 Å². The molecule has 160 valence electrons. The lowest BCUT2D eigenvalue weighted by molar-refractivity contribution is -0.123. The summed E-state index contributed by atoms with van der Waals surface area (Å²) in [6.45, 7) is 0. The molecule has 2 fully saturated rings. The highest BCUT2D eigenvalue weighted by Crippen LogP contribution is 2.35. The van der Waals surface area contributed by atoms with E-state index in [1.807, 2.05) is 24.3 Å². The van der Waals surface area contributed by atoms with Crippen molar-refractivity contribution < 1.29 is 19.2 Å². The number of nitrogens with zero attached hydrogens (tertiary/aromatic N) is 2. The van der Waals surface area contributed by atoms with Crippen LogP contribution in [-0.4, -0.2) is 34.3 Å². The maximum atomic E-state index is 12.8. The number of alkyl halides is 2. The fourth-order valence-electron chi connectivity index (χ4n) is 4.10. The Balaban J connectivity index is 1.70. The van der Waals surface area contributed by atoms with Crippen molar-refractivity contribution in [1.29, 1.82) is 0 Å². The quantitative estimate of drug-likeness (QED) is 0.407. The largest absolute Gasteiger partial charge is 0.274 e. The van der Waals surface area contributed by atoms with Crippen molar-refractivity contribution in [2.75, 3.05) is 20.5 Å². The molecule has 0 bridgehead atoms. The van der Waals surface area contributed by atoms with Gasteiger partial charge in [0, 0.05) is 29.9 Å². The Morgan fingerprint density at radius 2 is 1.06 bits per heavy atom. The number of para-hydroxylation sites is 2. The molecule has 8 heteroatoms. The van der Waals surface area contributed by atoms with Crippen LogP contribution >= 0.6 is 31.9 Å². The van der Waals surface area contributed by atoms with Gasteiger partial charge >= 0.3 is 0 Å². The van der Waals surface area contributed by atoms with Gasteiger partial charge in [-0.1, -0.05) is 68.3 Å². The minimum atomic E-state index is -0.367. The highest BCUT2D eigenvalue weighted by molar-refractivity contribution is 9.09. The van der Waals surface area contributed by atoms with Crippen molar-refractivity contribution in [3.05, 3.63) is 59.7 Å². The number of anilines is 2. The Bertz CT molecular complexity index is 988. The van der Waals surface area contributed by atoms with Crippen molar-refractivity contribution in [2.24, 2.45) is 11.8 Å². The van der Waals surface area contributed by atoms with Crippen LogP contribution in [0.2, 0.25) is 0 Å². The zero-order valence-electron chi connectivity index (χ0n) is 16.6. The highest BCUT2D eigenvalue weighted by atomic mass is 79.9. The normalized spacial score (nSPS) is 21.5. The Morgan fingerprint density at radius 1 is 0.677 bits per heavy atom. The monoisotopic (exact) mass is 546 g/mol. The van der Waals surface area contributed by atoms with E-state index in [4.69, 9.17) is 0 Å². The summed E-state index contributed by atoms with van der Waals surface area (Å²) >= 11 is 6.63. The van der Waals surface area contributed by atoms with Gasteiger partial charge in [0.1, 0.15) is 0 Å². The van der Waals surface area contributed by atoms with Gasteiger partial charge in [0.25, 0.3) is 0 Å². The van der Waals surface area contributed by atoms with Gasteiger partial charge in [0.05, 0.1) is 23.2 Å². The minimum absolute atomic E-state index is 0.180. The number of carbonyl (C=O) groups is 4. The Hall–Kier alpha value is -2.32.